The molecule has 4 nitrogen and oxygen atoms in total. The normalized spacial score (nSPS) is 18.4. The van der Waals surface area contributed by atoms with Gasteiger partial charge in [0.25, 0.3) is 0 Å². The summed E-state index contributed by atoms with van der Waals surface area (Å²) >= 11 is 6.16. The van der Waals surface area contributed by atoms with Crippen molar-refractivity contribution in [2.45, 2.75) is 25.9 Å². The number of hydrogen-bond acceptors (Lipinski definition) is 3. The van der Waals surface area contributed by atoms with E-state index in [2.05, 4.69) is 4.90 Å². The van der Waals surface area contributed by atoms with Crippen LogP contribution in [0.5, 0.6) is 0 Å². The predicted octanol–water partition coefficient (Wildman–Crippen LogP) is 2.09. The van der Waals surface area contributed by atoms with Crippen molar-refractivity contribution in [2.24, 2.45) is 11.7 Å². The molecule has 1 amide bonds. The fraction of sp³-hybridized carbons (Fsp3) is 0.500. The van der Waals surface area contributed by atoms with Gasteiger partial charge in [0.2, 0.25) is 5.91 Å². The summed E-state index contributed by atoms with van der Waals surface area (Å²) in [7, 11) is 0. The summed E-state index contributed by atoms with van der Waals surface area (Å²) in [6.07, 6.45) is 0.998. The highest BCUT2D eigenvalue weighted by molar-refractivity contribution is 6.31. The number of aliphatic hydroxyl groups is 1. The molecule has 5 heteroatoms. The highest BCUT2D eigenvalue weighted by Gasteiger charge is 2.23. The van der Waals surface area contributed by atoms with Gasteiger partial charge in [-0.3, -0.25) is 4.79 Å². The van der Waals surface area contributed by atoms with Crippen LogP contribution in [0.1, 0.15) is 31.4 Å². The Kier molecular flexibility index (Phi) is 4.32. The third-order valence-electron chi connectivity index (χ3n) is 3.70. The van der Waals surface area contributed by atoms with E-state index in [9.17, 15) is 9.90 Å². The first kappa shape index (κ1) is 14.2. The van der Waals surface area contributed by atoms with Gasteiger partial charge in [0, 0.05) is 29.7 Å². The smallest absolute Gasteiger partial charge is 0.220 e. The Balaban J connectivity index is 2.08. The molecule has 0 radical (unpaired) electrons. The second-order valence-electron chi connectivity index (χ2n) is 5.05. The zero-order valence-corrected chi connectivity index (χ0v) is 11.7. The van der Waals surface area contributed by atoms with Gasteiger partial charge in [-0.1, -0.05) is 17.7 Å². The lowest BCUT2D eigenvalue weighted by molar-refractivity contribution is -0.122. The maximum Gasteiger partial charge on any atom is 0.220 e. The Morgan fingerprint density at radius 2 is 2.11 bits per heavy atom. The van der Waals surface area contributed by atoms with Gasteiger partial charge in [-0.2, -0.15) is 0 Å². The number of aliphatic hydroxyl groups excluding tert-OH is 1. The number of primary amides is 1. The van der Waals surface area contributed by atoms with Crippen LogP contribution >= 0.6 is 11.6 Å². The first-order valence-electron chi connectivity index (χ1n) is 6.51. The van der Waals surface area contributed by atoms with E-state index in [0.717, 1.165) is 37.2 Å². The van der Waals surface area contributed by atoms with Gasteiger partial charge in [-0.25, -0.2) is 0 Å². The van der Waals surface area contributed by atoms with E-state index in [1.54, 1.807) is 6.92 Å². The van der Waals surface area contributed by atoms with E-state index in [0.29, 0.717) is 5.02 Å². The van der Waals surface area contributed by atoms with Crippen LogP contribution in [0.25, 0.3) is 0 Å². The van der Waals surface area contributed by atoms with Crippen molar-refractivity contribution in [3.05, 3.63) is 28.8 Å². The van der Waals surface area contributed by atoms with E-state index in [4.69, 9.17) is 17.3 Å². The summed E-state index contributed by atoms with van der Waals surface area (Å²) in [5.41, 5.74) is 7.08. The molecule has 1 aromatic rings. The van der Waals surface area contributed by atoms with Crippen molar-refractivity contribution in [2.75, 3.05) is 18.0 Å². The lowest BCUT2D eigenvalue weighted by Gasteiger charge is -2.32. The molecule has 1 unspecified atom stereocenters. The van der Waals surface area contributed by atoms with Crippen molar-refractivity contribution in [3.8, 4) is 0 Å². The molecule has 19 heavy (non-hydrogen) atoms. The number of amides is 1. The molecule has 0 aromatic heterocycles. The molecule has 1 heterocycles. The van der Waals surface area contributed by atoms with E-state index in [-0.39, 0.29) is 11.8 Å². The predicted molar refractivity (Wildman–Crippen MR) is 76.2 cm³/mol. The van der Waals surface area contributed by atoms with Gasteiger partial charge >= 0.3 is 0 Å². The number of nitrogens with two attached hydrogens (primary N) is 1. The molecule has 0 aliphatic carbocycles. The molecule has 3 N–H and O–H groups in total. The zero-order chi connectivity index (χ0) is 14.0. The number of benzene rings is 1. The monoisotopic (exact) mass is 282 g/mol. The fourth-order valence-corrected chi connectivity index (χ4v) is 2.81. The SMILES string of the molecule is CC(O)c1ccc(N2CCC(C(N)=O)CC2)cc1Cl. The Bertz CT molecular complexity index is 469. The number of piperidine rings is 1. The lowest BCUT2D eigenvalue weighted by Crippen LogP contribution is -2.38. The molecule has 2 rings (SSSR count). The van der Waals surface area contributed by atoms with Crippen molar-refractivity contribution >= 4 is 23.2 Å². The van der Waals surface area contributed by atoms with E-state index >= 15 is 0 Å². The Hall–Kier alpha value is -1.26. The van der Waals surface area contributed by atoms with Crippen molar-refractivity contribution in [1.29, 1.82) is 0 Å². The van der Waals surface area contributed by atoms with Crippen molar-refractivity contribution in [1.82, 2.24) is 0 Å². The molecular formula is C14H19ClN2O2. The molecule has 1 aliphatic rings. The van der Waals surface area contributed by atoms with Crippen LogP contribution < -0.4 is 10.6 Å². The van der Waals surface area contributed by atoms with E-state index < -0.39 is 6.10 Å². The Labute approximate surface area is 118 Å². The fourth-order valence-electron chi connectivity index (χ4n) is 2.47. The summed E-state index contributed by atoms with van der Waals surface area (Å²) in [4.78, 5) is 13.3. The summed E-state index contributed by atoms with van der Waals surface area (Å²) in [5.74, 6) is -0.217. The maximum absolute atomic E-state index is 11.1. The van der Waals surface area contributed by atoms with Crippen molar-refractivity contribution < 1.29 is 9.90 Å². The molecule has 0 spiro atoms. The molecule has 1 saturated heterocycles. The highest BCUT2D eigenvalue weighted by Crippen LogP contribution is 2.30. The first-order chi connectivity index (χ1) is 8.99. The zero-order valence-electron chi connectivity index (χ0n) is 11.0. The first-order valence-corrected chi connectivity index (χ1v) is 6.88. The van der Waals surface area contributed by atoms with Crippen LogP contribution in [-0.2, 0) is 4.79 Å². The largest absolute Gasteiger partial charge is 0.389 e. The topological polar surface area (TPSA) is 66.6 Å². The van der Waals surface area contributed by atoms with Crippen LogP contribution in [0.3, 0.4) is 0 Å². The average Bonchev–Trinajstić information content (AvgIpc) is 2.38. The van der Waals surface area contributed by atoms with E-state index in [1.165, 1.54) is 0 Å². The van der Waals surface area contributed by atoms with Gasteiger partial charge in [0.15, 0.2) is 0 Å². The van der Waals surface area contributed by atoms with Crippen LogP contribution in [0.2, 0.25) is 5.02 Å². The minimum atomic E-state index is -0.567. The van der Waals surface area contributed by atoms with Crippen molar-refractivity contribution in [3.63, 3.8) is 0 Å². The number of anilines is 1. The highest BCUT2D eigenvalue weighted by atomic mass is 35.5. The third kappa shape index (κ3) is 3.19. The van der Waals surface area contributed by atoms with Crippen LogP contribution in [-0.4, -0.2) is 24.1 Å². The molecular weight excluding hydrogens is 264 g/mol. The quantitative estimate of drug-likeness (QED) is 0.892. The number of nitrogens with zero attached hydrogens (tertiary/aromatic N) is 1. The summed E-state index contributed by atoms with van der Waals surface area (Å²) in [6.45, 7) is 3.30. The van der Waals surface area contributed by atoms with Gasteiger partial charge in [0.1, 0.15) is 0 Å². The summed E-state index contributed by atoms with van der Waals surface area (Å²) in [5, 5.41) is 10.1. The lowest BCUT2D eigenvalue weighted by atomic mass is 9.96. The molecule has 1 fully saturated rings. The molecule has 1 aliphatic heterocycles. The van der Waals surface area contributed by atoms with Crippen LogP contribution in [0.4, 0.5) is 5.69 Å². The molecule has 104 valence electrons. The van der Waals surface area contributed by atoms with Gasteiger partial charge < -0.3 is 15.7 Å². The van der Waals surface area contributed by atoms with Crippen LogP contribution in [0, 0.1) is 5.92 Å². The standard InChI is InChI=1S/C14H19ClN2O2/c1-9(18)12-3-2-11(8-13(12)15)17-6-4-10(5-7-17)14(16)19/h2-3,8-10,18H,4-7H2,1H3,(H2,16,19). The average molecular weight is 283 g/mol. The minimum Gasteiger partial charge on any atom is -0.389 e. The number of carbonyl (C=O) groups is 1. The number of halogens is 1. The van der Waals surface area contributed by atoms with E-state index in [1.807, 2.05) is 18.2 Å². The molecule has 0 bridgehead atoms. The summed E-state index contributed by atoms with van der Waals surface area (Å²) < 4.78 is 0. The molecule has 0 saturated carbocycles. The van der Waals surface area contributed by atoms with Gasteiger partial charge in [0.05, 0.1) is 6.10 Å². The second kappa shape index (κ2) is 5.80. The second-order valence-corrected chi connectivity index (χ2v) is 5.45. The van der Waals surface area contributed by atoms with Crippen LogP contribution in [0.15, 0.2) is 18.2 Å². The number of rotatable bonds is 3. The molecule has 1 aromatic carbocycles. The number of hydrogen-bond donors (Lipinski definition) is 2. The number of carbonyl (C=O) groups excluding carboxylic acids is 1. The molecule has 1 atom stereocenters. The Morgan fingerprint density at radius 1 is 1.47 bits per heavy atom. The third-order valence-corrected chi connectivity index (χ3v) is 4.02. The minimum absolute atomic E-state index is 0.0107. The van der Waals surface area contributed by atoms with Gasteiger partial charge in [-0.15, -0.1) is 0 Å². The van der Waals surface area contributed by atoms with Gasteiger partial charge in [-0.05, 0) is 37.5 Å². The Morgan fingerprint density at radius 3 is 2.58 bits per heavy atom. The summed E-state index contributed by atoms with van der Waals surface area (Å²) in [6, 6.07) is 5.68. The maximum atomic E-state index is 11.1.